The van der Waals surface area contributed by atoms with Crippen molar-refractivity contribution in [3.05, 3.63) is 11.4 Å². The third-order valence-corrected chi connectivity index (χ3v) is 5.36. The molecule has 0 radical (unpaired) electrons. The average Bonchev–Trinajstić information content (AvgIpc) is 3.03. The molecule has 1 atom stereocenters. The van der Waals surface area contributed by atoms with Crippen molar-refractivity contribution < 1.29 is 4.79 Å². The highest BCUT2D eigenvalue weighted by Gasteiger charge is 2.36. The Labute approximate surface area is 132 Å². The van der Waals surface area contributed by atoms with Gasteiger partial charge in [-0.2, -0.15) is 0 Å². The second-order valence-corrected chi connectivity index (χ2v) is 7.36. The van der Waals surface area contributed by atoms with Gasteiger partial charge in [0.05, 0.1) is 11.7 Å². The van der Waals surface area contributed by atoms with Crippen LogP contribution in [0, 0.1) is 12.3 Å². The summed E-state index contributed by atoms with van der Waals surface area (Å²) in [5.41, 5.74) is 1.55. The number of rotatable bonds is 3. The number of carbonyl (C=O) groups is 1. The minimum Gasteiger partial charge on any atom is -0.347 e. The Kier molecular flexibility index (Phi) is 4.21. The summed E-state index contributed by atoms with van der Waals surface area (Å²) in [5, 5.41) is 14.9. The monoisotopic (exact) mass is 305 g/mol. The Morgan fingerprint density at radius 2 is 2.05 bits per heavy atom. The van der Waals surface area contributed by atoms with Gasteiger partial charge in [0.15, 0.2) is 5.69 Å². The highest BCUT2D eigenvalue weighted by atomic mass is 16.2. The second-order valence-electron chi connectivity index (χ2n) is 7.36. The molecule has 1 saturated heterocycles. The van der Waals surface area contributed by atoms with E-state index >= 15 is 0 Å². The lowest BCUT2D eigenvalue weighted by atomic mass is 9.87. The van der Waals surface area contributed by atoms with Crippen molar-refractivity contribution in [2.45, 2.75) is 65.0 Å². The first-order valence-electron chi connectivity index (χ1n) is 8.42. The van der Waals surface area contributed by atoms with Gasteiger partial charge in [-0.15, -0.1) is 5.10 Å². The summed E-state index contributed by atoms with van der Waals surface area (Å²) < 4.78 is 1.94. The van der Waals surface area contributed by atoms with Crippen LogP contribution in [0.4, 0.5) is 0 Å². The maximum atomic E-state index is 12.6. The van der Waals surface area contributed by atoms with Crippen LogP contribution in [0.1, 0.15) is 68.2 Å². The van der Waals surface area contributed by atoms with Gasteiger partial charge >= 0.3 is 0 Å². The largest absolute Gasteiger partial charge is 0.347 e. The molecule has 1 aromatic heterocycles. The molecular weight excluding hydrogens is 278 g/mol. The van der Waals surface area contributed by atoms with E-state index < -0.39 is 0 Å². The van der Waals surface area contributed by atoms with Gasteiger partial charge in [0, 0.05) is 6.04 Å². The summed E-state index contributed by atoms with van der Waals surface area (Å²) in [6, 6.07) is 0.599. The van der Waals surface area contributed by atoms with Crippen LogP contribution in [0.15, 0.2) is 0 Å². The molecule has 1 unspecified atom stereocenters. The van der Waals surface area contributed by atoms with Gasteiger partial charge in [0.2, 0.25) is 0 Å². The van der Waals surface area contributed by atoms with Crippen LogP contribution in [-0.4, -0.2) is 40.0 Å². The van der Waals surface area contributed by atoms with Crippen molar-refractivity contribution in [3.63, 3.8) is 0 Å². The van der Waals surface area contributed by atoms with Gasteiger partial charge in [-0.1, -0.05) is 25.5 Å². The van der Waals surface area contributed by atoms with Gasteiger partial charge in [0.1, 0.15) is 0 Å². The molecule has 6 nitrogen and oxygen atoms in total. The van der Waals surface area contributed by atoms with Gasteiger partial charge in [-0.25, -0.2) is 4.68 Å². The number of nitrogens with one attached hydrogen (secondary N) is 2. The molecule has 2 heterocycles. The summed E-state index contributed by atoms with van der Waals surface area (Å²) >= 11 is 0. The van der Waals surface area contributed by atoms with Crippen LogP contribution < -0.4 is 10.6 Å². The smallest absolute Gasteiger partial charge is 0.273 e. The lowest BCUT2D eigenvalue weighted by Crippen LogP contribution is -2.41. The molecule has 1 saturated carbocycles. The topological polar surface area (TPSA) is 71.8 Å². The normalized spacial score (nSPS) is 25.3. The Hall–Kier alpha value is -1.43. The van der Waals surface area contributed by atoms with E-state index in [1.807, 2.05) is 11.6 Å². The first kappa shape index (κ1) is 15.5. The highest BCUT2D eigenvalue weighted by Crippen LogP contribution is 2.37. The molecule has 0 aromatic carbocycles. The van der Waals surface area contributed by atoms with E-state index in [0.29, 0.717) is 11.7 Å². The number of hydrogen-bond donors (Lipinski definition) is 2. The molecular formula is C16H27N5O. The Bertz CT molecular complexity index is 545. The maximum absolute atomic E-state index is 12.6. The molecule has 2 N–H and O–H groups in total. The van der Waals surface area contributed by atoms with Crippen LogP contribution in [0.3, 0.4) is 0 Å². The standard InChI is InChI=1S/C16H27N5O/c1-11-14(15(22)18-13-5-4-8-16(13,2)3)19-20-21(11)12-6-9-17-10-7-12/h12-13,17H,4-10H2,1-3H3,(H,18,22). The summed E-state index contributed by atoms with van der Waals surface area (Å²) in [7, 11) is 0. The summed E-state index contributed by atoms with van der Waals surface area (Å²) in [5.74, 6) is -0.0716. The van der Waals surface area contributed by atoms with Crippen molar-refractivity contribution in [3.8, 4) is 0 Å². The van der Waals surface area contributed by atoms with Crippen LogP contribution in [0.5, 0.6) is 0 Å². The SMILES string of the molecule is Cc1c(C(=O)NC2CCCC2(C)C)nnn1C1CCNCC1. The van der Waals surface area contributed by atoms with Crippen molar-refractivity contribution in [2.75, 3.05) is 13.1 Å². The molecule has 0 spiro atoms. The Morgan fingerprint density at radius 1 is 1.32 bits per heavy atom. The molecule has 3 rings (SSSR count). The average molecular weight is 305 g/mol. The Morgan fingerprint density at radius 3 is 2.68 bits per heavy atom. The first-order chi connectivity index (χ1) is 10.5. The van der Waals surface area contributed by atoms with E-state index in [-0.39, 0.29) is 17.4 Å². The fourth-order valence-corrected chi connectivity index (χ4v) is 3.77. The fraction of sp³-hybridized carbons (Fsp3) is 0.812. The summed E-state index contributed by atoms with van der Waals surface area (Å²) in [6.45, 7) is 8.41. The van der Waals surface area contributed by atoms with Crippen molar-refractivity contribution >= 4 is 5.91 Å². The van der Waals surface area contributed by atoms with Crippen LogP contribution in [0.25, 0.3) is 0 Å². The number of amides is 1. The quantitative estimate of drug-likeness (QED) is 0.893. The van der Waals surface area contributed by atoms with E-state index in [1.165, 1.54) is 12.8 Å². The van der Waals surface area contributed by atoms with Gasteiger partial charge in [-0.05, 0) is 51.1 Å². The zero-order valence-corrected chi connectivity index (χ0v) is 13.9. The predicted molar refractivity (Wildman–Crippen MR) is 84.8 cm³/mol. The number of piperidine rings is 1. The number of aromatic nitrogens is 3. The van der Waals surface area contributed by atoms with Crippen molar-refractivity contribution in [1.82, 2.24) is 25.6 Å². The predicted octanol–water partition coefficient (Wildman–Crippen LogP) is 1.82. The molecule has 1 aliphatic heterocycles. The van der Waals surface area contributed by atoms with E-state index in [0.717, 1.165) is 38.0 Å². The van der Waals surface area contributed by atoms with Gasteiger partial charge in [-0.3, -0.25) is 4.79 Å². The van der Waals surface area contributed by atoms with E-state index in [4.69, 9.17) is 0 Å². The molecule has 122 valence electrons. The molecule has 2 aliphatic rings. The summed E-state index contributed by atoms with van der Waals surface area (Å²) in [4.78, 5) is 12.6. The van der Waals surface area contributed by atoms with Crippen LogP contribution in [0.2, 0.25) is 0 Å². The lowest BCUT2D eigenvalue weighted by Gasteiger charge is -2.27. The first-order valence-corrected chi connectivity index (χ1v) is 8.42. The van der Waals surface area contributed by atoms with Gasteiger partial charge in [0.25, 0.3) is 5.91 Å². The van der Waals surface area contributed by atoms with E-state index in [9.17, 15) is 4.79 Å². The minimum absolute atomic E-state index is 0.0716. The number of hydrogen-bond acceptors (Lipinski definition) is 4. The minimum atomic E-state index is -0.0716. The Balaban J connectivity index is 1.72. The zero-order chi connectivity index (χ0) is 15.7. The molecule has 6 heteroatoms. The third-order valence-electron chi connectivity index (χ3n) is 5.36. The van der Waals surface area contributed by atoms with E-state index in [1.54, 1.807) is 0 Å². The second kappa shape index (κ2) is 5.99. The maximum Gasteiger partial charge on any atom is 0.273 e. The highest BCUT2D eigenvalue weighted by molar-refractivity contribution is 5.93. The number of nitrogens with zero attached hydrogens (tertiary/aromatic N) is 3. The van der Waals surface area contributed by atoms with E-state index in [2.05, 4.69) is 34.8 Å². The molecule has 2 fully saturated rings. The molecule has 22 heavy (non-hydrogen) atoms. The molecule has 1 aromatic rings. The van der Waals surface area contributed by atoms with Crippen LogP contribution >= 0.6 is 0 Å². The molecule has 1 aliphatic carbocycles. The fourth-order valence-electron chi connectivity index (χ4n) is 3.77. The molecule has 1 amide bonds. The van der Waals surface area contributed by atoms with Crippen molar-refractivity contribution in [2.24, 2.45) is 5.41 Å². The van der Waals surface area contributed by atoms with Crippen molar-refractivity contribution in [1.29, 1.82) is 0 Å². The molecule has 0 bridgehead atoms. The summed E-state index contributed by atoms with van der Waals surface area (Å²) in [6.07, 6.45) is 5.49. The van der Waals surface area contributed by atoms with Crippen LogP contribution in [-0.2, 0) is 0 Å². The lowest BCUT2D eigenvalue weighted by molar-refractivity contribution is 0.0904. The third kappa shape index (κ3) is 2.89. The van der Waals surface area contributed by atoms with Gasteiger partial charge < -0.3 is 10.6 Å². The number of carbonyl (C=O) groups excluding carboxylic acids is 1. The zero-order valence-electron chi connectivity index (χ0n) is 13.9.